The number of carbonyl (C=O) groups is 3. The van der Waals surface area contributed by atoms with Gasteiger partial charge in [0.2, 0.25) is 17.7 Å². The number of hydrogen-bond donors (Lipinski definition) is 0. The van der Waals surface area contributed by atoms with Gasteiger partial charge in [-0.1, -0.05) is 12.8 Å². The van der Waals surface area contributed by atoms with Gasteiger partial charge in [-0.2, -0.15) is 0 Å². The van der Waals surface area contributed by atoms with Crippen LogP contribution in [0.5, 0.6) is 0 Å². The van der Waals surface area contributed by atoms with E-state index in [2.05, 4.69) is 0 Å². The normalized spacial score (nSPS) is 22.7. The number of piperidine rings is 1. The fourth-order valence-electron chi connectivity index (χ4n) is 2.97. The van der Waals surface area contributed by atoms with Crippen molar-refractivity contribution < 1.29 is 14.4 Å². The number of rotatable bonds is 2. The highest BCUT2D eigenvalue weighted by atomic mass is 16.2. The lowest BCUT2D eigenvalue weighted by molar-refractivity contribution is -0.156. The number of likely N-dealkylation sites (tertiary alicyclic amines) is 1. The molecule has 0 unspecified atom stereocenters. The molecule has 0 radical (unpaired) electrons. The molecule has 5 nitrogen and oxygen atoms in total. The summed E-state index contributed by atoms with van der Waals surface area (Å²) < 4.78 is 0. The van der Waals surface area contributed by atoms with Crippen LogP contribution in [-0.4, -0.2) is 48.2 Å². The maximum Gasteiger partial charge on any atom is 0.242 e. The molecule has 1 saturated carbocycles. The Balaban J connectivity index is 2.05. The summed E-state index contributed by atoms with van der Waals surface area (Å²) >= 11 is 0. The molecule has 2 fully saturated rings. The predicted molar refractivity (Wildman–Crippen MR) is 65.5 cm³/mol. The van der Waals surface area contributed by atoms with Crippen molar-refractivity contribution in [1.29, 1.82) is 0 Å². The van der Waals surface area contributed by atoms with Crippen LogP contribution in [0.1, 0.15) is 38.5 Å². The minimum absolute atomic E-state index is 0.0914. The number of carbonyl (C=O) groups excluding carboxylic acids is 3. The van der Waals surface area contributed by atoms with Crippen LogP contribution in [0.2, 0.25) is 0 Å². The van der Waals surface area contributed by atoms with E-state index in [1.807, 2.05) is 0 Å². The summed E-state index contributed by atoms with van der Waals surface area (Å²) in [7, 11) is 3.25. The topological polar surface area (TPSA) is 57.7 Å². The molecule has 0 aromatic rings. The number of hydrogen-bond acceptors (Lipinski definition) is 3. The quantitative estimate of drug-likeness (QED) is 0.682. The van der Waals surface area contributed by atoms with Gasteiger partial charge in [-0.05, 0) is 18.3 Å². The van der Waals surface area contributed by atoms with Gasteiger partial charge in [0.25, 0.3) is 0 Å². The van der Waals surface area contributed by atoms with E-state index >= 15 is 0 Å². The lowest BCUT2D eigenvalue weighted by atomic mass is 9.76. The summed E-state index contributed by atoms with van der Waals surface area (Å²) in [6.45, 7) is -0.110. The fraction of sp³-hybridized carbons (Fsp3) is 0.769. The van der Waals surface area contributed by atoms with Crippen LogP contribution in [-0.2, 0) is 14.4 Å². The van der Waals surface area contributed by atoms with E-state index < -0.39 is 0 Å². The number of likely N-dealkylation sites (N-methyl/N-ethyl adjacent to an activating group) is 1. The van der Waals surface area contributed by atoms with Gasteiger partial charge in [0.15, 0.2) is 0 Å². The maximum atomic E-state index is 12.1. The van der Waals surface area contributed by atoms with Gasteiger partial charge < -0.3 is 4.90 Å². The summed E-state index contributed by atoms with van der Waals surface area (Å²) in [6, 6.07) is 0. The van der Waals surface area contributed by atoms with Crippen molar-refractivity contribution in [1.82, 2.24) is 9.80 Å². The molecule has 100 valence electrons. The second-order valence-electron chi connectivity index (χ2n) is 5.72. The summed E-state index contributed by atoms with van der Waals surface area (Å²) in [4.78, 5) is 38.2. The maximum absolute atomic E-state index is 12.1. The van der Waals surface area contributed by atoms with E-state index in [0.29, 0.717) is 12.8 Å². The number of nitrogens with zero attached hydrogens (tertiary/aromatic N) is 2. The molecule has 3 amide bonds. The summed E-state index contributed by atoms with van der Waals surface area (Å²) in [5, 5.41) is 0. The molecule has 1 spiro atoms. The van der Waals surface area contributed by atoms with Crippen LogP contribution < -0.4 is 0 Å². The van der Waals surface area contributed by atoms with Crippen LogP contribution in [0.15, 0.2) is 0 Å². The third kappa shape index (κ3) is 2.40. The van der Waals surface area contributed by atoms with Crippen LogP contribution in [0, 0.1) is 5.41 Å². The lowest BCUT2D eigenvalue weighted by Crippen LogP contribution is -2.50. The molecule has 1 aliphatic carbocycles. The molecule has 1 heterocycles. The van der Waals surface area contributed by atoms with E-state index in [4.69, 9.17) is 0 Å². The summed E-state index contributed by atoms with van der Waals surface area (Å²) in [6.07, 6.45) is 5.02. The van der Waals surface area contributed by atoms with Crippen LogP contribution in [0.25, 0.3) is 0 Å². The first-order valence-electron chi connectivity index (χ1n) is 6.47. The first-order chi connectivity index (χ1) is 8.43. The fourth-order valence-corrected chi connectivity index (χ4v) is 2.97. The Morgan fingerprint density at radius 3 is 2.11 bits per heavy atom. The third-order valence-electron chi connectivity index (χ3n) is 4.11. The molecule has 0 aromatic heterocycles. The summed E-state index contributed by atoms with van der Waals surface area (Å²) in [5.74, 6) is -0.564. The Bertz CT molecular complexity index is 364. The largest absolute Gasteiger partial charge is 0.347 e. The Morgan fingerprint density at radius 2 is 1.67 bits per heavy atom. The standard InChI is InChI=1S/C13H20N2O3/c1-14(2)12(18)9-15-10(16)7-13(8-11(15)17)5-3-4-6-13/h3-9H2,1-2H3. The SMILES string of the molecule is CN(C)C(=O)CN1C(=O)CC2(CCCC2)CC1=O. The molecule has 0 aromatic carbocycles. The van der Waals surface area contributed by atoms with Gasteiger partial charge >= 0.3 is 0 Å². The monoisotopic (exact) mass is 252 g/mol. The van der Waals surface area contributed by atoms with E-state index in [-0.39, 0.29) is 29.7 Å². The van der Waals surface area contributed by atoms with Crippen molar-refractivity contribution in [2.45, 2.75) is 38.5 Å². The third-order valence-corrected chi connectivity index (χ3v) is 4.11. The average molecular weight is 252 g/mol. The second kappa shape index (κ2) is 4.71. The van der Waals surface area contributed by atoms with Gasteiger partial charge in [0.1, 0.15) is 6.54 Å². The highest BCUT2D eigenvalue weighted by molar-refractivity contribution is 6.01. The zero-order valence-corrected chi connectivity index (χ0v) is 11.1. The lowest BCUT2D eigenvalue weighted by Gasteiger charge is -2.37. The smallest absolute Gasteiger partial charge is 0.242 e. The van der Waals surface area contributed by atoms with Crippen molar-refractivity contribution in [3.63, 3.8) is 0 Å². The Kier molecular flexibility index (Phi) is 3.41. The molecule has 2 aliphatic rings. The molecule has 2 rings (SSSR count). The van der Waals surface area contributed by atoms with Crippen molar-refractivity contribution in [3.8, 4) is 0 Å². The minimum atomic E-state index is -0.209. The van der Waals surface area contributed by atoms with Crippen molar-refractivity contribution in [3.05, 3.63) is 0 Å². The second-order valence-corrected chi connectivity index (χ2v) is 5.72. The zero-order valence-electron chi connectivity index (χ0n) is 11.1. The van der Waals surface area contributed by atoms with E-state index in [0.717, 1.165) is 30.6 Å². The molecule has 1 aliphatic heterocycles. The van der Waals surface area contributed by atoms with Crippen LogP contribution >= 0.6 is 0 Å². The minimum Gasteiger partial charge on any atom is -0.347 e. The molecule has 18 heavy (non-hydrogen) atoms. The molecule has 0 N–H and O–H groups in total. The molecular formula is C13H20N2O3. The van der Waals surface area contributed by atoms with Gasteiger partial charge in [0, 0.05) is 26.9 Å². The Hall–Kier alpha value is -1.39. The molecule has 5 heteroatoms. The average Bonchev–Trinajstić information content (AvgIpc) is 2.71. The first-order valence-corrected chi connectivity index (χ1v) is 6.47. The highest BCUT2D eigenvalue weighted by Crippen LogP contribution is 2.46. The number of imide groups is 1. The zero-order chi connectivity index (χ0) is 13.3. The van der Waals surface area contributed by atoms with Crippen molar-refractivity contribution >= 4 is 17.7 Å². The number of amides is 3. The van der Waals surface area contributed by atoms with Crippen molar-refractivity contribution in [2.24, 2.45) is 5.41 Å². The van der Waals surface area contributed by atoms with Crippen LogP contribution in [0.4, 0.5) is 0 Å². The molecule has 0 atom stereocenters. The van der Waals surface area contributed by atoms with Crippen molar-refractivity contribution in [2.75, 3.05) is 20.6 Å². The van der Waals surface area contributed by atoms with Crippen LogP contribution in [0.3, 0.4) is 0 Å². The first kappa shape index (κ1) is 13.1. The van der Waals surface area contributed by atoms with E-state index in [1.54, 1.807) is 14.1 Å². The van der Waals surface area contributed by atoms with Gasteiger partial charge in [-0.3, -0.25) is 19.3 Å². The Morgan fingerprint density at radius 1 is 1.17 bits per heavy atom. The van der Waals surface area contributed by atoms with Gasteiger partial charge in [-0.15, -0.1) is 0 Å². The van der Waals surface area contributed by atoms with E-state index in [9.17, 15) is 14.4 Å². The molecule has 1 saturated heterocycles. The highest BCUT2D eigenvalue weighted by Gasteiger charge is 2.45. The van der Waals surface area contributed by atoms with Gasteiger partial charge in [0.05, 0.1) is 0 Å². The molecule has 0 bridgehead atoms. The predicted octanol–water partition coefficient (Wildman–Crippen LogP) is 0.784. The Labute approximate surface area is 107 Å². The summed E-state index contributed by atoms with van der Waals surface area (Å²) in [5.41, 5.74) is -0.0914. The molecular weight excluding hydrogens is 232 g/mol. The van der Waals surface area contributed by atoms with E-state index in [1.165, 1.54) is 4.90 Å². The van der Waals surface area contributed by atoms with Gasteiger partial charge in [-0.25, -0.2) is 0 Å².